The van der Waals surface area contributed by atoms with Crippen LogP contribution in [-0.4, -0.2) is 64.1 Å². The minimum absolute atomic E-state index is 0.0373. The van der Waals surface area contributed by atoms with Crippen LogP contribution in [0.25, 0.3) is 0 Å². The van der Waals surface area contributed by atoms with E-state index in [0.717, 1.165) is 17.0 Å². The van der Waals surface area contributed by atoms with Crippen molar-refractivity contribution < 1.29 is 31.3 Å². The molecule has 1 aromatic rings. The maximum absolute atomic E-state index is 12.9. The normalized spacial score (nSPS) is 25.6. The van der Waals surface area contributed by atoms with Crippen LogP contribution in [0.2, 0.25) is 0 Å². The Labute approximate surface area is 162 Å². The SMILES string of the molecule is C[C@]1(NC(=O)C[NH+]2CCN(c3cccc(C(F)(F)F)c3)CC2)CCS(=O)(=O)C1. The molecule has 2 saturated heterocycles. The molecule has 28 heavy (non-hydrogen) atoms. The summed E-state index contributed by atoms with van der Waals surface area (Å²) in [4.78, 5) is 15.2. The number of nitrogens with zero attached hydrogens (tertiary/aromatic N) is 1. The summed E-state index contributed by atoms with van der Waals surface area (Å²) in [7, 11) is -3.09. The number of nitrogens with one attached hydrogen (secondary N) is 2. The maximum atomic E-state index is 12.9. The number of amides is 1. The Kier molecular flexibility index (Phi) is 5.64. The smallest absolute Gasteiger partial charge is 0.360 e. The van der Waals surface area contributed by atoms with Gasteiger partial charge < -0.3 is 15.1 Å². The highest BCUT2D eigenvalue weighted by Crippen LogP contribution is 2.31. The van der Waals surface area contributed by atoms with E-state index in [1.807, 2.05) is 4.90 Å². The van der Waals surface area contributed by atoms with Gasteiger partial charge >= 0.3 is 6.18 Å². The van der Waals surface area contributed by atoms with Gasteiger partial charge in [0.25, 0.3) is 5.91 Å². The zero-order valence-corrected chi connectivity index (χ0v) is 16.5. The zero-order valence-electron chi connectivity index (χ0n) is 15.7. The van der Waals surface area contributed by atoms with Crippen molar-refractivity contribution in [2.75, 3.05) is 49.1 Å². The second-order valence-electron chi connectivity index (χ2n) is 7.91. The molecule has 156 valence electrons. The number of carbonyl (C=O) groups excluding carboxylic acids is 1. The van der Waals surface area contributed by atoms with Gasteiger partial charge in [-0.3, -0.25) is 4.79 Å². The average Bonchev–Trinajstić information content (AvgIpc) is 2.87. The molecule has 10 heteroatoms. The summed E-state index contributed by atoms with van der Waals surface area (Å²) in [6.45, 7) is 4.32. The molecule has 2 aliphatic heterocycles. The van der Waals surface area contributed by atoms with Gasteiger partial charge in [-0.05, 0) is 31.5 Å². The lowest BCUT2D eigenvalue weighted by atomic mass is 10.0. The lowest BCUT2D eigenvalue weighted by Crippen LogP contribution is -3.16. The molecule has 2 fully saturated rings. The first-order valence-corrected chi connectivity index (χ1v) is 11.1. The van der Waals surface area contributed by atoms with Crippen molar-refractivity contribution in [2.24, 2.45) is 0 Å². The third-order valence-electron chi connectivity index (χ3n) is 5.36. The van der Waals surface area contributed by atoms with Gasteiger partial charge in [-0.2, -0.15) is 13.2 Å². The number of quaternary nitrogens is 1. The molecule has 1 amide bonds. The van der Waals surface area contributed by atoms with Crippen LogP contribution in [0, 0.1) is 0 Å². The molecule has 0 aliphatic carbocycles. The van der Waals surface area contributed by atoms with Crippen LogP contribution in [-0.2, 0) is 20.8 Å². The summed E-state index contributed by atoms with van der Waals surface area (Å²) in [6, 6.07) is 5.27. The lowest BCUT2D eigenvalue weighted by Gasteiger charge is -2.34. The van der Waals surface area contributed by atoms with Crippen LogP contribution >= 0.6 is 0 Å². The van der Waals surface area contributed by atoms with E-state index in [2.05, 4.69) is 5.32 Å². The number of carbonyl (C=O) groups is 1. The van der Waals surface area contributed by atoms with Gasteiger partial charge in [-0.15, -0.1) is 0 Å². The van der Waals surface area contributed by atoms with Crippen molar-refractivity contribution in [3.63, 3.8) is 0 Å². The summed E-state index contributed by atoms with van der Waals surface area (Å²) >= 11 is 0. The minimum Gasteiger partial charge on any atom is -0.360 e. The Hall–Kier alpha value is -1.81. The summed E-state index contributed by atoms with van der Waals surface area (Å²) in [5.74, 6) is -0.140. The Morgan fingerprint density at radius 1 is 1.29 bits per heavy atom. The van der Waals surface area contributed by atoms with Gasteiger partial charge in [0.05, 0.1) is 48.8 Å². The van der Waals surface area contributed by atoms with Crippen molar-refractivity contribution in [3.8, 4) is 0 Å². The van der Waals surface area contributed by atoms with E-state index >= 15 is 0 Å². The van der Waals surface area contributed by atoms with Gasteiger partial charge in [-0.25, -0.2) is 8.42 Å². The van der Waals surface area contributed by atoms with E-state index in [0.29, 0.717) is 38.3 Å². The van der Waals surface area contributed by atoms with Gasteiger partial charge in [0.2, 0.25) is 0 Å². The van der Waals surface area contributed by atoms with E-state index in [1.54, 1.807) is 13.0 Å². The quantitative estimate of drug-likeness (QED) is 0.725. The van der Waals surface area contributed by atoms with Crippen LogP contribution in [0.3, 0.4) is 0 Å². The first kappa shape index (κ1) is 20.9. The topological polar surface area (TPSA) is 70.9 Å². The average molecular weight is 420 g/mol. The van der Waals surface area contributed by atoms with E-state index in [-0.39, 0.29) is 24.0 Å². The summed E-state index contributed by atoms with van der Waals surface area (Å²) < 4.78 is 61.9. The number of hydrogen-bond acceptors (Lipinski definition) is 4. The Morgan fingerprint density at radius 3 is 2.54 bits per heavy atom. The van der Waals surface area contributed by atoms with E-state index < -0.39 is 27.1 Å². The fraction of sp³-hybridized carbons (Fsp3) is 0.611. The summed E-state index contributed by atoms with van der Waals surface area (Å²) in [5.41, 5.74) is -0.851. The van der Waals surface area contributed by atoms with Crippen LogP contribution in [0.1, 0.15) is 18.9 Å². The molecule has 0 unspecified atom stereocenters. The molecular weight excluding hydrogens is 395 g/mol. The van der Waals surface area contributed by atoms with Crippen molar-refractivity contribution in [1.82, 2.24) is 5.32 Å². The molecule has 2 heterocycles. The monoisotopic (exact) mass is 420 g/mol. The molecule has 1 aromatic carbocycles. The van der Waals surface area contributed by atoms with Gasteiger partial charge in [0, 0.05) is 5.69 Å². The molecule has 1 atom stereocenters. The second kappa shape index (κ2) is 7.55. The first-order chi connectivity index (χ1) is 13.0. The van der Waals surface area contributed by atoms with Crippen molar-refractivity contribution in [3.05, 3.63) is 29.8 Å². The molecule has 6 nitrogen and oxygen atoms in total. The van der Waals surface area contributed by atoms with Gasteiger partial charge in [0.1, 0.15) is 0 Å². The lowest BCUT2D eigenvalue weighted by molar-refractivity contribution is -0.892. The second-order valence-corrected chi connectivity index (χ2v) is 10.1. The van der Waals surface area contributed by atoms with Crippen LogP contribution < -0.4 is 15.1 Å². The molecule has 0 bridgehead atoms. The number of sulfone groups is 1. The molecule has 0 aromatic heterocycles. The van der Waals surface area contributed by atoms with Gasteiger partial charge in [-0.1, -0.05) is 6.07 Å². The number of alkyl halides is 3. The fourth-order valence-electron chi connectivity index (χ4n) is 3.85. The van der Waals surface area contributed by atoms with Crippen LogP contribution in [0.15, 0.2) is 24.3 Å². The van der Waals surface area contributed by atoms with Crippen molar-refractivity contribution in [1.29, 1.82) is 0 Å². The molecule has 0 radical (unpaired) electrons. The number of piperazine rings is 1. The zero-order chi connectivity index (χ0) is 20.6. The van der Waals surface area contributed by atoms with Crippen molar-refractivity contribution in [2.45, 2.75) is 25.1 Å². The Bertz CT molecular complexity index is 836. The van der Waals surface area contributed by atoms with Crippen LogP contribution in [0.4, 0.5) is 18.9 Å². The van der Waals surface area contributed by atoms with E-state index in [4.69, 9.17) is 0 Å². The molecular formula is C18H25F3N3O3S+. The molecule has 0 saturated carbocycles. The molecule has 2 aliphatic rings. The third kappa shape index (κ3) is 5.16. The minimum atomic E-state index is -4.37. The number of benzene rings is 1. The standard InChI is InChI=1S/C18H24F3N3O3S/c1-17(5-10-28(26,27)13-17)22-16(25)12-23-6-8-24(9-7-23)15-4-2-3-14(11-15)18(19,20)21/h2-4,11H,5-10,12-13H2,1H3,(H,22,25)/p+1/t17-/m0/s1. The molecule has 3 rings (SSSR count). The fourth-order valence-corrected chi connectivity index (χ4v) is 5.95. The summed E-state index contributed by atoms with van der Waals surface area (Å²) in [5, 5.41) is 2.85. The largest absolute Gasteiger partial charge is 0.416 e. The van der Waals surface area contributed by atoms with E-state index in [1.165, 1.54) is 6.07 Å². The Morgan fingerprint density at radius 2 is 1.96 bits per heavy atom. The van der Waals surface area contributed by atoms with Crippen LogP contribution in [0.5, 0.6) is 0 Å². The molecule has 0 spiro atoms. The highest BCUT2D eigenvalue weighted by Gasteiger charge is 2.40. The molecule has 2 N–H and O–H groups in total. The highest BCUT2D eigenvalue weighted by atomic mass is 32.2. The number of halogens is 3. The predicted molar refractivity (Wildman–Crippen MR) is 99.0 cm³/mol. The first-order valence-electron chi connectivity index (χ1n) is 9.23. The van der Waals surface area contributed by atoms with Gasteiger partial charge in [0.15, 0.2) is 16.4 Å². The summed E-state index contributed by atoms with van der Waals surface area (Å²) in [6.07, 6.45) is -3.95. The number of hydrogen-bond donors (Lipinski definition) is 2. The van der Waals surface area contributed by atoms with Crippen molar-refractivity contribution >= 4 is 21.4 Å². The number of rotatable bonds is 4. The maximum Gasteiger partial charge on any atom is 0.416 e. The predicted octanol–water partition coefficient (Wildman–Crippen LogP) is 0.104. The Balaban J connectivity index is 1.51. The number of anilines is 1. The highest BCUT2D eigenvalue weighted by molar-refractivity contribution is 7.91. The third-order valence-corrected chi connectivity index (χ3v) is 7.27. The van der Waals surface area contributed by atoms with E-state index in [9.17, 15) is 26.4 Å².